The lowest BCUT2D eigenvalue weighted by atomic mass is 9.89. The molecule has 0 bridgehead atoms. The molecule has 0 radical (unpaired) electrons. The molecule has 6 heteroatoms. The summed E-state index contributed by atoms with van der Waals surface area (Å²) in [7, 11) is 1.66. The average Bonchev–Trinajstić information content (AvgIpc) is 3.16. The average molecular weight is 343 g/mol. The number of aliphatic hydroxyl groups excluding tert-OH is 1. The third-order valence-corrected chi connectivity index (χ3v) is 4.94. The van der Waals surface area contributed by atoms with E-state index in [1.165, 1.54) is 0 Å². The highest BCUT2D eigenvalue weighted by molar-refractivity contribution is 5.80. The molecular weight excluding hydrogens is 318 g/mol. The Kier molecular flexibility index (Phi) is 5.38. The summed E-state index contributed by atoms with van der Waals surface area (Å²) >= 11 is 0. The number of methoxy groups -OCH3 is 1. The maximum absolute atomic E-state index is 12.1. The molecule has 1 saturated heterocycles. The third-order valence-electron chi connectivity index (χ3n) is 4.94. The Bertz CT molecular complexity index is 720. The summed E-state index contributed by atoms with van der Waals surface area (Å²) < 4.78 is 5.31. The maximum Gasteiger partial charge on any atom is 0.251 e. The minimum Gasteiger partial charge on any atom is -0.497 e. The van der Waals surface area contributed by atoms with Crippen molar-refractivity contribution in [1.82, 2.24) is 15.1 Å². The molecule has 1 aliphatic heterocycles. The van der Waals surface area contributed by atoms with Gasteiger partial charge in [0.15, 0.2) is 0 Å². The molecule has 2 N–H and O–H groups in total. The number of nitrogens with zero attached hydrogens (tertiary/aromatic N) is 2. The summed E-state index contributed by atoms with van der Waals surface area (Å²) in [5.41, 5.74) is 3.26. The Morgan fingerprint density at radius 3 is 2.88 bits per heavy atom. The van der Waals surface area contributed by atoms with Crippen LogP contribution in [0.15, 0.2) is 30.5 Å². The number of carbonyl (C=O) groups is 1. The second-order valence-corrected chi connectivity index (χ2v) is 6.45. The Morgan fingerprint density at radius 2 is 2.20 bits per heavy atom. The zero-order valence-electron chi connectivity index (χ0n) is 14.7. The fourth-order valence-electron chi connectivity index (χ4n) is 3.40. The van der Waals surface area contributed by atoms with E-state index in [0.717, 1.165) is 35.4 Å². The summed E-state index contributed by atoms with van der Waals surface area (Å²) in [5.74, 6) is 0.990. The van der Waals surface area contributed by atoms with Gasteiger partial charge in [-0.15, -0.1) is 0 Å². The molecule has 0 spiro atoms. The molecule has 0 unspecified atom stereocenters. The van der Waals surface area contributed by atoms with Gasteiger partial charge in [-0.1, -0.05) is 19.1 Å². The van der Waals surface area contributed by atoms with E-state index >= 15 is 0 Å². The highest BCUT2D eigenvalue weighted by atomic mass is 16.5. The first-order valence-electron chi connectivity index (χ1n) is 8.78. The van der Waals surface area contributed by atoms with Gasteiger partial charge in [-0.05, 0) is 37.0 Å². The summed E-state index contributed by atoms with van der Waals surface area (Å²) in [6.45, 7) is 3.15. The molecule has 2 heterocycles. The SMILES string of the molecule is CC[C@@H](O)C(=O)N1CCC(c2[nH]ncc2-c2cccc(OC)c2)CC1. The number of likely N-dealkylation sites (tertiary alicyclic amines) is 1. The van der Waals surface area contributed by atoms with E-state index in [4.69, 9.17) is 4.74 Å². The third kappa shape index (κ3) is 3.69. The maximum atomic E-state index is 12.1. The van der Waals surface area contributed by atoms with Crippen molar-refractivity contribution in [1.29, 1.82) is 0 Å². The van der Waals surface area contributed by atoms with E-state index in [-0.39, 0.29) is 5.91 Å². The topological polar surface area (TPSA) is 78.5 Å². The van der Waals surface area contributed by atoms with E-state index < -0.39 is 6.10 Å². The van der Waals surface area contributed by atoms with Crippen LogP contribution in [0.1, 0.15) is 37.8 Å². The lowest BCUT2D eigenvalue weighted by Gasteiger charge is -2.33. The summed E-state index contributed by atoms with van der Waals surface area (Å²) in [6.07, 6.45) is 3.15. The van der Waals surface area contributed by atoms with Gasteiger partial charge in [0, 0.05) is 30.3 Å². The van der Waals surface area contributed by atoms with E-state index in [2.05, 4.69) is 10.2 Å². The van der Waals surface area contributed by atoms with E-state index in [9.17, 15) is 9.90 Å². The van der Waals surface area contributed by atoms with Crippen molar-refractivity contribution in [2.24, 2.45) is 0 Å². The Morgan fingerprint density at radius 1 is 1.44 bits per heavy atom. The first-order valence-corrected chi connectivity index (χ1v) is 8.78. The van der Waals surface area contributed by atoms with Crippen LogP contribution in [0.2, 0.25) is 0 Å². The normalized spacial score (nSPS) is 16.7. The molecule has 3 rings (SSSR count). The van der Waals surface area contributed by atoms with Gasteiger partial charge in [0.25, 0.3) is 5.91 Å². The Hall–Kier alpha value is -2.34. The van der Waals surface area contributed by atoms with Crippen LogP contribution < -0.4 is 4.74 Å². The molecule has 1 aromatic heterocycles. The molecule has 134 valence electrons. The number of nitrogens with one attached hydrogen (secondary N) is 1. The van der Waals surface area contributed by atoms with Crippen LogP contribution in [-0.4, -0.2) is 52.4 Å². The smallest absolute Gasteiger partial charge is 0.251 e. The number of aromatic amines is 1. The largest absolute Gasteiger partial charge is 0.497 e. The number of piperidine rings is 1. The first kappa shape index (κ1) is 17.5. The quantitative estimate of drug-likeness (QED) is 0.874. The van der Waals surface area contributed by atoms with Crippen LogP contribution >= 0.6 is 0 Å². The summed E-state index contributed by atoms with van der Waals surface area (Å²) in [4.78, 5) is 13.9. The van der Waals surface area contributed by atoms with Crippen LogP contribution in [0.5, 0.6) is 5.75 Å². The van der Waals surface area contributed by atoms with Gasteiger partial charge in [0.05, 0.1) is 13.3 Å². The van der Waals surface area contributed by atoms with Gasteiger partial charge in [-0.25, -0.2) is 0 Å². The number of rotatable bonds is 5. The molecule has 1 atom stereocenters. The van der Waals surface area contributed by atoms with Crippen molar-refractivity contribution < 1.29 is 14.6 Å². The number of hydrogen-bond donors (Lipinski definition) is 2. The van der Waals surface area contributed by atoms with E-state index in [1.807, 2.05) is 37.4 Å². The molecule has 2 aromatic rings. The van der Waals surface area contributed by atoms with Gasteiger partial charge in [0.2, 0.25) is 0 Å². The number of aliphatic hydroxyl groups is 1. The number of benzene rings is 1. The number of hydrogen-bond acceptors (Lipinski definition) is 4. The lowest BCUT2D eigenvalue weighted by Crippen LogP contribution is -2.43. The standard InChI is InChI=1S/C19H25N3O3/c1-3-17(23)19(24)22-9-7-13(8-10-22)18-16(12-20-21-18)14-5-4-6-15(11-14)25-2/h4-6,11-13,17,23H,3,7-10H2,1-2H3,(H,20,21)/t17-/m1/s1. The monoisotopic (exact) mass is 343 g/mol. The van der Waals surface area contributed by atoms with Gasteiger partial charge in [-0.2, -0.15) is 5.10 Å². The lowest BCUT2D eigenvalue weighted by molar-refractivity contribution is -0.141. The highest BCUT2D eigenvalue weighted by Gasteiger charge is 2.28. The number of H-pyrrole nitrogens is 1. The van der Waals surface area contributed by atoms with Crippen LogP contribution in [-0.2, 0) is 4.79 Å². The molecule has 25 heavy (non-hydrogen) atoms. The number of carbonyl (C=O) groups excluding carboxylic acids is 1. The molecule has 1 aliphatic rings. The van der Waals surface area contributed by atoms with Crippen LogP contribution in [0.25, 0.3) is 11.1 Å². The van der Waals surface area contributed by atoms with Gasteiger partial charge in [0.1, 0.15) is 11.9 Å². The number of aromatic nitrogens is 2. The van der Waals surface area contributed by atoms with Crippen molar-refractivity contribution in [3.05, 3.63) is 36.2 Å². The molecule has 6 nitrogen and oxygen atoms in total. The Balaban J connectivity index is 1.73. The summed E-state index contributed by atoms with van der Waals surface area (Å²) in [5, 5.41) is 17.1. The number of ether oxygens (including phenoxy) is 1. The van der Waals surface area contributed by atoms with Crippen molar-refractivity contribution in [3.8, 4) is 16.9 Å². The second-order valence-electron chi connectivity index (χ2n) is 6.45. The second kappa shape index (κ2) is 7.70. The highest BCUT2D eigenvalue weighted by Crippen LogP contribution is 2.35. The number of amides is 1. The molecule has 1 aromatic carbocycles. The van der Waals surface area contributed by atoms with Crippen molar-refractivity contribution >= 4 is 5.91 Å². The predicted octanol–water partition coefficient (Wildman–Crippen LogP) is 2.56. The van der Waals surface area contributed by atoms with Gasteiger partial charge < -0.3 is 14.7 Å². The predicted molar refractivity (Wildman–Crippen MR) is 95.4 cm³/mol. The van der Waals surface area contributed by atoms with Crippen LogP contribution in [0.4, 0.5) is 0 Å². The molecular formula is C19H25N3O3. The fourth-order valence-corrected chi connectivity index (χ4v) is 3.40. The van der Waals surface area contributed by atoms with Crippen LogP contribution in [0, 0.1) is 0 Å². The molecule has 0 saturated carbocycles. The van der Waals surface area contributed by atoms with Crippen molar-refractivity contribution in [3.63, 3.8) is 0 Å². The minimum absolute atomic E-state index is 0.154. The minimum atomic E-state index is -0.879. The van der Waals surface area contributed by atoms with Crippen molar-refractivity contribution in [2.45, 2.75) is 38.2 Å². The first-order chi connectivity index (χ1) is 12.1. The summed E-state index contributed by atoms with van der Waals surface area (Å²) in [6, 6.07) is 7.95. The molecule has 1 amide bonds. The zero-order valence-corrected chi connectivity index (χ0v) is 14.7. The van der Waals surface area contributed by atoms with Gasteiger partial charge in [-0.3, -0.25) is 9.89 Å². The molecule has 1 fully saturated rings. The van der Waals surface area contributed by atoms with Gasteiger partial charge >= 0.3 is 0 Å². The zero-order chi connectivity index (χ0) is 17.8. The van der Waals surface area contributed by atoms with Crippen LogP contribution in [0.3, 0.4) is 0 Å². The Labute approximate surface area is 147 Å². The fraction of sp³-hybridized carbons (Fsp3) is 0.474. The molecule has 0 aliphatic carbocycles. The van der Waals surface area contributed by atoms with E-state index in [0.29, 0.717) is 25.4 Å². The van der Waals surface area contributed by atoms with Crippen molar-refractivity contribution in [2.75, 3.05) is 20.2 Å². The van der Waals surface area contributed by atoms with E-state index in [1.54, 1.807) is 12.0 Å².